The summed E-state index contributed by atoms with van der Waals surface area (Å²) >= 11 is 0. The number of aromatic amines is 2. The zero-order valence-corrected chi connectivity index (χ0v) is 13.8. The molecular formula is C17H18N6O2. The van der Waals surface area contributed by atoms with Gasteiger partial charge in [0.25, 0.3) is 5.56 Å². The average Bonchev–Trinajstić information content (AvgIpc) is 3.20. The topological polar surface area (TPSA) is 111 Å². The van der Waals surface area contributed by atoms with Crippen LogP contribution in [-0.2, 0) is 4.79 Å². The highest BCUT2D eigenvalue weighted by atomic mass is 16.2. The van der Waals surface area contributed by atoms with Gasteiger partial charge in [0, 0.05) is 30.9 Å². The molecule has 2 N–H and O–H groups in total. The van der Waals surface area contributed by atoms with Crippen LogP contribution >= 0.6 is 0 Å². The first-order chi connectivity index (χ1) is 12.1. The van der Waals surface area contributed by atoms with Gasteiger partial charge in [0.15, 0.2) is 0 Å². The lowest BCUT2D eigenvalue weighted by atomic mass is 9.93. The number of likely N-dealkylation sites (tertiary alicyclic amines) is 1. The first kappa shape index (κ1) is 15.4. The number of hydrogen-bond acceptors (Lipinski definition) is 4. The Balaban J connectivity index is 1.82. The molecule has 3 aromatic rings. The SMILES string of the molecule is C[C@@H]1CCN(C(=O)CC#N)C[C@@H]1n1[nH]c(=O)c2cnc3[nH]ccc3c21. The van der Waals surface area contributed by atoms with Crippen LogP contribution in [0.1, 0.15) is 25.8 Å². The number of amides is 1. The van der Waals surface area contributed by atoms with E-state index in [9.17, 15) is 9.59 Å². The normalized spacial score (nSPS) is 20.9. The molecule has 8 nitrogen and oxygen atoms in total. The third-order valence-electron chi connectivity index (χ3n) is 5.10. The van der Waals surface area contributed by atoms with Gasteiger partial charge in [0.1, 0.15) is 12.1 Å². The molecule has 8 heteroatoms. The Labute approximate surface area is 143 Å². The smallest absolute Gasteiger partial charge is 0.273 e. The van der Waals surface area contributed by atoms with Crippen molar-refractivity contribution in [1.29, 1.82) is 5.26 Å². The molecule has 0 aromatic carbocycles. The van der Waals surface area contributed by atoms with Gasteiger partial charge < -0.3 is 9.88 Å². The van der Waals surface area contributed by atoms with Crippen molar-refractivity contribution in [2.24, 2.45) is 5.92 Å². The fourth-order valence-corrected chi connectivity index (χ4v) is 3.68. The minimum absolute atomic E-state index is 0.0536. The Morgan fingerprint density at radius 2 is 2.32 bits per heavy atom. The first-order valence-corrected chi connectivity index (χ1v) is 8.31. The van der Waals surface area contributed by atoms with E-state index in [0.717, 1.165) is 23.0 Å². The Morgan fingerprint density at radius 3 is 3.12 bits per heavy atom. The summed E-state index contributed by atoms with van der Waals surface area (Å²) in [6.45, 7) is 3.24. The molecule has 0 saturated carbocycles. The van der Waals surface area contributed by atoms with Crippen molar-refractivity contribution in [1.82, 2.24) is 24.6 Å². The molecule has 4 rings (SSSR count). The number of rotatable bonds is 2. The molecule has 1 aliphatic heterocycles. The van der Waals surface area contributed by atoms with Gasteiger partial charge in [-0.3, -0.25) is 19.4 Å². The number of nitrogens with one attached hydrogen (secondary N) is 2. The first-order valence-electron chi connectivity index (χ1n) is 8.31. The van der Waals surface area contributed by atoms with E-state index in [-0.39, 0.29) is 23.9 Å². The van der Waals surface area contributed by atoms with Gasteiger partial charge in [-0.15, -0.1) is 0 Å². The number of fused-ring (bicyclic) bond motifs is 3. The molecule has 0 aliphatic carbocycles. The van der Waals surface area contributed by atoms with E-state index in [1.165, 1.54) is 0 Å². The molecule has 1 aliphatic rings. The molecule has 0 unspecified atom stereocenters. The number of nitrogens with zero attached hydrogens (tertiary/aromatic N) is 4. The van der Waals surface area contributed by atoms with Gasteiger partial charge >= 0.3 is 0 Å². The fraction of sp³-hybridized carbons (Fsp3) is 0.412. The largest absolute Gasteiger partial charge is 0.346 e. The van der Waals surface area contributed by atoms with E-state index in [4.69, 9.17) is 5.26 Å². The average molecular weight is 338 g/mol. The number of pyridine rings is 1. The van der Waals surface area contributed by atoms with Crippen molar-refractivity contribution < 1.29 is 4.79 Å². The lowest BCUT2D eigenvalue weighted by Crippen LogP contribution is -2.44. The van der Waals surface area contributed by atoms with Crippen LogP contribution in [0.3, 0.4) is 0 Å². The summed E-state index contributed by atoms with van der Waals surface area (Å²) < 4.78 is 1.88. The summed E-state index contributed by atoms with van der Waals surface area (Å²) in [6, 6.07) is 3.77. The van der Waals surface area contributed by atoms with Crippen LogP contribution in [0, 0.1) is 17.2 Å². The maximum atomic E-state index is 12.4. The summed E-state index contributed by atoms with van der Waals surface area (Å²) in [4.78, 5) is 33.6. The second kappa shape index (κ2) is 5.77. The molecule has 128 valence electrons. The van der Waals surface area contributed by atoms with E-state index >= 15 is 0 Å². The van der Waals surface area contributed by atoms with Crippen LogP contribution in [0.2, 0.25) is 0 Å². The van der Waals surface area contributed by atoms with Crippen molar-refractivity contribution >= 4 is 27.8 Å². The predicted molar refractivity (Wildman–Crippen MR) is 91.8 cm³/mol. The Hall–Kier alpha value is -3.08. The quantitative estimate of drug-likeness (QED) is 0.738. The van der Waals surface area contributed by atoms with Crippen LogP contribution in [0.4, 0.5) is 0 Å². The number of aromatic nitrogens is 4. The van der Waals surface area contributed by atoms with Crippen LogP contribution in [0.15, 0.2) is 23.3 Å². The number of nitriles is 1. The van der Waals surface area contributed by atoms with Crippen LogP contribution < -0.4 is 5.56 Å². The minimum atomic E-state index is -0.182. The van der Waals surface area contributed by atoms with Crippen molar-refractivity contribution in [3.63, 3.8) is 0 Å². The third-order valence-corrected chi connectivity index (χ3v) is 5.10. The number of H-pyrrole nitrogens is 2. The van der Waals surface area contributed by atoms with Gasteiger partial charge in [-0.1, -0.05) is 6.92 Å². The molecule has 2 atom stereocenters. The van der Waals surface area contributed by atoms with Crippen molar-refractivity contribution in [3.8, 4) is 6.07 Å². The van der Waals surface area contributed by atoms with Crippen molar-refractivity contribution in [3.05, 3.63) is 28.8 Å². The Bertz CT molecular complexity index is 1050. The molecule has 1 fully saturated rings. The van der Waals surface area contributed by atoms with E-state index in [2.05, 4.69) is 22.0 Å². The van der Waals surface area contributed by atoms with E-state index in [1.54, 1.807) is 17.3 Å². The molecule has 3 aromatic heterocycles. The van der Waals surface area contributed by atoms with Crippen molar-refractivity contribution in [2.45, 2.75) is 25.8 Å². The molecular weight excluding hydrogens is 320 g/mol. The highest BCUT2D eigenvalue weighted by molar-refractivity contribution is 6.02. The summed E-state index contributed by atoms with van der Waals surface area (Å²) in [6.07, 6.45) is 4.09. The fourth-order valence-electron chi connectivity index (χ4n) is 3.68. The van der Waals surface area contributed by atoms with E-state index < -0.39 is 0 Å². The Kier molecular flexibility index (Phi) is 3.57. The monoisotopic (exact) mass is 338 g/mol. The highest BCUT2D eigenvalue weighted by Gasteiger charge is 2.31. The van der Waals surface area contributed by atoms with Gasteiger partial charge in [0.05, 0.1) is 23.0 Å². The maximum Gasteiger partial charge on any atom is 0.273 e. The molecule has 0 radical (unpaired) electrons. The summed E-state index contributed by atoms with van der Waals surface area (Å²) in [5.41, 5.74) is 1.35. The summed E-state index contributed by atoms with van der Waals surface area (Å²) in [7, 11) is 0. The van der Waals surface area contributed by atoms with Gasteiger partial charge in [0.2, 0.25) is 5.91 Å². The third kappa shape index (κ3) is 2.39. The second-order valence-corrected chi connectivity index (χ2v) is 6.58. The number of hydrogen-bond donors (Lipinski definition) is 2. The number of carbonyl (C=O) groups is 1. The van der Waals surface area contributed by atoms with E-state index in [1.807, 2.05) is 16.8 Å². The van der Waals surface area contributed by atoms with Gasteiger partial charge in [-0.25, -0.2) is 4.98 Å². The van der Waals surface area contributed by atoms with Crippen LogP contribution in [0.25, 0.3) is 21.9 Å². The number of piperidine rings is 1. The standard InChI is InChI=1S/C17H18N6O2/c1-10-4-7-22(14(24)2-5-18)9-13(10)23-15-11-3-6-19-16(11)20-8-12(15)17(25)21-23/h3,6,8,10,13H,2,4,7,9H2,1H3,(H,19,20)(H,21,25)/t10-,13+/m1/s1. The highest BCUT2D eigenvalue weighted by Crippen LogP contribution is 2.31. The zero-order chi connectivity index (χ0) is 17.6. The summed E-state index contributed by atoms with van der Waals surface area (Å²) in [5, 5.41) is 13.1. The van der Waals surface area contributed by atoms with Crippen LogP contribution in [-0.4, -0.2) is 43.6 Å². The Morgan fingerprint density at radius 1 is 1.48 bits per heavy atom. The molecule has 0 bridgehead atoms. The zero-order valence-electron chi connectivity index (χ0n) is 13.8. The predicted octanol–water partition coefficient (Wildman–Crippen LogP) is 1.53. The van der Waals surface area contributed by atoms with Crippen molar-refractivity contribution in [2.75, 3.05) is 13.1 Å². The van der Waals surface area contributed by atoms with E-state index in [0.29, 0.717) is 24.4 Å². The second-order valence-electron chi connectivity index (χ2n) is 6.58. The molecule has 1 saturated heterocycles. The lowest BCUT2D eigenvalue weighted by Gasteiger charge is -2.37. The molecule has 4 heterocycles. The molecule has 1 amide bonds. The minimum Gasteiger partial charge on any atom is -0.346 e. The number of carbonyl (C=O) groups excluding carboxylic acids is 1. The lowest BCUT2D eigenvalue weighted by molar-refractivity contribution is -0.132. The van der Waals surface area contributed by atoms with Gasteiger partial charge in [-0.2, -0.15) is 5.26 Å². The molecule has 25 heavy (non-hydrogen) atoms. The summed E-state index contributed by atoms with van der Waals surface area (Å²) in [5.74, 6) is 0.131. The van der Waals surface area contributed by atoms with Crippen LogP contribution in [0.5, 0.6) is 0 Å². The maximum absolute atomic E-state index is 12.4. The molecule has 0 spiro atoms. The van der Waals surface area contributed by atoms with Gasteiger partial charge in [-0.05, 0) is 18.4 Å².